The Kier molecular flexibility index (Phi) is 5.63. The molecule has 5 heteroatoms. The molecule has 1 saturated heterocycles. The van der Waals surface area contributed by atoms with E-state index in [0.717, 1.165) is 48.5 Å². The molecule has 0 atom stereocenters. The van der Waals surface area contributed by atoms with Gasteiger partial charge in [-0.3, -0.25) is 4.79 Å². The summed E-state index contributed by atoms with van der Waals surface area (Å²) in [4.78, 5) is 16.6. The van der Waals surface area contributed by atoms with Gasteiger partial charge in [0.25, 0.3) is 0 Å². The average Bonchev–Trinajstić information content (AvgIpc) is 3.02. The number of benzene rings is 2. The molecule has 0 aliphatic carbocycles. The van der Waals surface area contributed by atoms with E-state index in [2.05, 4.69) is 18.7 Å². The minimum absolute atomic E-state index is 0.136. The Morgan fingerprint density at radius 3 is 2.57 bits per heavy atom. The van der Waals surface area contributed by atoms with Crippen molar-refractivity contribution in [3.8, 4) is 0 Å². The number of rotatable bonds is 5. The van der Waals surface area contributed by atoms with Crippen molar-refractivity contribution in [1.29, 1.82) is 0 Å². The van der Waals surface area contributed by atoms with E-state index in [4.69, 9.17) is 0 Å². The normalized spacial score (nSPS) is 17.5. The zero-order valence-electron chi connectivity index (χ0n) is 16.5. The van der Waals surface area contributed by atoms with Crippen LogP contribution in [-0.4, -0.2) is 30.3 Å². The largest absolute Gasteiger partial charge is 0.369 e. The van der Waals surface area contributed by atoms with E-state index >= 15 is 0 Å². The quantitative estimate of drug-likeness (QED) is 0.706. The van der Waals surface area contributed by atoms with Gasteiger partial charge in [-0.25, -0.2) is 4.39 Å². The highest BCUT2D eigenvalue weighted by Crippen LogP contribution is 2.34. The molecule has 148 valence electrons. The number of fused-ring (bicyclic) bond motifs is 1. The Bertz CT molecular complexity index is 861. The second-order valence-corrected chi connectivity index (χ2v) is 9.50. The van der Waals surface area contributed by atoms with E-state index in [-0.39, 0.29) is 17.8 Å². The molecular weight excluding hydrogens is 371 g/mol. The van der Waals surface area contributed by atoms with Gasteiger partial charge in [0.1, 0.15) is 5.82 Å². The van der Waals surface area contributed by atoms with E-state index < -0.39 is 0 Å². The van der Waals surface area contributed by atoms with Crippen molar-refractivity contribution in [2.24, 2.45) is 0 Å². The lowest BCUT2D eigenvalue weighted by Gasteiger charge is -2.38. The van der Waals surface area contributed by atoms with Gasteiger partial charge in [0.15, 0.2) is 0 Å². The first-order valence-electron chi connectivity index (χ1n) is 10.1. The van der Waals surface area contributed by atoms with Crippen molar-refractivity contribution in [3.05, 3.63) is 59.4 Å². The van der Waals surface area contributed by atoms with Gasteiger partial charge in [0.05, 0.1) is 12.1 Å². The molecule has 2 aromatic rings. The third-order valence-corrected chi connectivity index (χ3v) is 6.79. The number of hydrogen-bond donors (Lipinski definition) is 0. The van der Waals surface area contributed by atoms with Crippen LogP contribution in [0.1, 0.15) is 37.8 Å². The predicted molar refractivity (Wildman–Crippen MR) is 116 cm³/mol. The van der Waals surface area contributed by atoms with E-state index in [1.54, 1.807) is 6.07 Å². The van der Waals surface area contributed by atoms with E-state index in [1.807, 2.05) is 53.1 Å². The van der Waals surface area contributed by atoms with Gasteiger partial charge in [-0.1, -0.05) is 38.1 Å². The van der Waals surface area contributed by atoms with Crippen molar-refractivity contribution in [3.63, 3.8) is 0 Å². The van der Waals surface area contributed by atoms with Crippen LogP contribution in [0.4, 0.5) is 15.8 Å². The molecule has 0 N–H and O–H groups in total. The number of halogens is 1. The van der Waals surface area contributed by atoms with E-state index in [0.29, 0.717) is 17.4 Å². The summed E-state index contributed by atoms with van der Waals surface area (Å²) in [5.74, 6) is 0.897. The second kappa shape index (κ2) is 8.16. The van der Waals surface area contributed by atoms with Crippen molar-refractivity contribution in [2.75, 3.05) is 22.9 Å². The molecule has 1 amide bonds. The van der Waals surface area contributed by atoms with Gasteiger partial charge < -0.3 is 9.80 Å². The fourth-order valence-electron chi connectivity index (χ4n) is 4.20. The Labute approximate surface area is 170 Å². The van der Waals surface area contributed by atoms with E-state index in [1.165, 1.54) is 0 Å². The molecule has 0 saturated carbocycles. The summed E-state index contributed by atoms with van der Waals surface area (Å²) in [5, 5.41) is 0.542. The molecule has 0 aromatic heterocycles. The molecule has 2 aromatic carbocycles. The van der Waals surface area contributed by atoms with Crippen molar-refractivity contribution in [2.45, 2.75) is 50.2 Å². The first-order valence-corrected chi connectivity index (χ1v) is 11.1. The lowest BCUT2D eigenvalue weighted by Crippen LogP contribution is -2.46. The van der Waals surface area contributed by atoms with Gasteiger partial charge in [0.2, 0.25) is 5.91 Å². The highest BCUT2D eigenvalue weighted by Gasteiger charge is 2.34. The lowest BCUT2D eigenvalue weighted by atomic mass is 10.0. The Hall–Kier alpha value is -2.01. The Balaban J connectivity index is 1.41. The molecule has 2 aliphatic heterocycles. The Morgan fingerprint density at radius 1 is 1.11 bits per heavy atom. The number of nitrogens with zero attached hydrogens (tertiary/aromatic N) is 2. The first-order chi connectivity index (χ1) is 13.5. The van der Waals surface area contributed by atoms with Crippen LogP contribution in [0.3, 0.4) is 0 Å². The smallest absolute Gasteiger partial charge is 0.231 e. The summed E-state index contributed by atoms with van der Waals surface area (Å²) in [7, 11) is 0. The van der Waals surface area contributed by atoms with Crippen molar-refractivity contribution < 1.29 is 9.18 Å². The van der Waals surface area contributed by atoms with Crippen LogP contribution in [0.25, 0.3) is 0 Å². The SMILES string of the molecule is CC(C)SCc1ccc(N2CCC(N3C(=O)Cc4ccccc43)CC2)c(F)c1. The number of para-hydroxylation sites is 1. The Morgan fingerprint density at radius 2 is 1.86 bits per heavy atom. The molecule has 4 rings (SSSR count). The number of carbonyl (C=O) groups excluding carboxylic acids is 1. The highest BCUT2D eigenvalue weighted by molar-refractivity contribution is 7.99. The van der Waals surface area contributed by atoms with Crippen LogP contribution < -0.4 is 9.80 Å². The second-order valence-electron chi connectivity index (χ2n) is 7.93. The van der Waals surface area contributed by atoms with Crippen molar-refractivity contribution in [1.82, 2.24) is 0 Å². The zero-order valence-corrected chi connectivity index (χ0v) is 17.3. The maximum atomic E-state index is 14.7. The van der Waals surface area contributed by atoms with Crippen LogP contribution in [0.5, 0.6) is 0 Å². The first kappa shape index (κ1) is 19.3. The monoisotopic (exact) mass is 398 g/mol. The average molecular weight is 399 g/mol. The summed E-state index contributed by atoms with van der Waals surface area (Å²) >= 11 is 1.83. The van der Waals surface area contributed by atoms with E-state index in [9.17, 15) is 9.18 Å². The van der Waals surface area contributed by atoms with Gasteiger partial charge in [0, 0.05) is 30.6 Å². The highest BCUT2D eigenvalue weighted by atomic mass is 32.2. The van der Waals surface area contributed by atoms with Crippen LogP contribution in [0, 0.1) is 5.82 Å². The van der Waals surface area contributed by atoms with Gasteiger partial charge in [-0.2, -0.15) is 11.8 Å². The van der Waals surface area contributed by atoms with Crippen LogP contribution in [-0.2, 0) is 17.0 Å². The maximum Gasteiger partial charge on any atom is 0.231 e. The summed E-state index contributed by atoms with van der Waals surface area (Å²) < 4.78 is 14.7. The molecule has 0 bridgehead atoms. The molecule has 0 unspecified atom stereocenters. The molecule has 0 spiro atoms. The van der Waals surface area contributed by atoms with Crippen LogP contribution >= 0.6 is 11.8 Å². The minimum atomic E-state index is -0.136. The number of amides is 1. The molecular formula is C23H27FN2OS. The topological polar surface area (TPSA) is 23.6 Å². The molecule has 3 nitrogen and oxygen atoms in total. The number of hydrogen-bond acceptors (Lipinski definition) is 3. The van der Waals surface area contributed by atoms with Gasteiger partial charge >= 0.3 is 0 Å². The van der Waals surface area contributed by atoms with Gasteiger partial charge in [-0.15, -0.1) is 0 Å². The molecule has 1 fully saturated rings. The molecule has 28 heavy (non-hydrogen) atoms. The number of piperidine rings is 1. The summed E-state index contributed by atoms with van der Waals surface area (Å²) in [6.45, 7) is 5.85. The maximum absolute atomic E-state index is 14.7. The summed E-state index contributed by atoms with van der Waals surface area (Å²) in [6, 6.07) is 13.9. The van der Waals surface area contributed by atoms with Gasteiger partial charge in [-0.05, 0) is 47.4 Å². The van der Waals surface area contributed by atoms with Crippen molar-refractivity contribution >= 4 is 29.0 Å². The third kappa shape index (κ3) is 3.90. The standard InChI is InChI=1S/C23H27FN2OS/c1-16(2)28-15-17-7-8-22(20(24)13-17)25-11-9-19(10-12-25)26-21-6-4-3-5-18(21)14-23(26)27/h3-8,13,16,19H,9-12,14-15H2,1-2H3. The summed E-state index contributed by atoms with van der Waals surface area (Å²) in [6.07, 6.45) is 2.23. The minimum Gasteiger partial charge on any atom is -0.369 e. The number of thioether (sulfide) groups is 1. The third-order valence-electron chi connectivity index (χ3n) is 5.63. The fraction of sp³-hybridized carbons (Fsp3) is 0.435. The molecule has 0 radical (unpaired) electrons. The summed E-state index contributed by atoms with van der Waals surface area (Å²) in [5.41, 5.74) is 3.90. The fourth-order valence-corrected chi connectivity index (χ4v) is 4.91. The molecule has 2 aliphatic rings. The van der Waals surface area contributed by atoms with Crippen LogP contribution in [0.2, 0.25) is 0 Å². The number of anilines is 2. The zero-order chi connectivity index (χ0) is 19.7. The van der Waals surface area contributed by atoms with Crippen LogP contribution in [0.15, 0.2) is 42.5 Å². The lowest BCUT2D eigenvalue weighted by molar-refractivity contribution is -0.117. The molecule has 2 heterocycles. The predicted octanol–water partition coefficient (Wildman–Crippen LogP) is 5.03. The number of carbonyl (C=O) groups is 1.